The van der Waals surface area contributed by atoms with E-state index >= 15 is 0 Å². The summed E-state index contributed by atoms with van der Waals surface area (Å²) in [5, 5.41) is 6.98. The first kappa shape index (κ1) is 17.8. The molecule has 5 nitrogen and oxygen atoms in total. The van der Waals surface area contributed by atoms with Crippen LogP contribution in [0.1, 0.15) is 49.7 Å². The van der Waals surface area contributed by atoms with E-state index < -0.39 is 0 Å². The first-order valence-corrected chi connectivity index (χ1v) is 9.54. The number of rotatable bonds is 4. The number of nitrogens with one attached hydrogen (secondary N) is 2. The number of aryl methyl sites for hydroxylation is 1. The molecule has 2 N–H and O–H groups in total. The molecule has 1 aromatic carbocycles. The molecule has 0 radical (unpaired) electrons. The van der Waals surface area contributed by atoms with Gasteiger partial charge in [-0.1, -0.05) is 31.2 Å². The molecule has 136 valence electrons. The molecule has 2 aliphatic rings. The zero-order valence-electron chi connectivity index (χ0n) is 15.4. The minimum Gasteiger partial charge on any atom is -0.356 e. The lowest BCUT2D eigenvalue weighted by Crippen LogP contribution is -2.46. The van der Waals surface area contributed by atoms with Gasteiger partial charge in [0.2, 0.25) is 5.91 Å². The van der Waals surface area contributed by atoms with Crippen LogP contribution in [0.25, 0.3) is 0 Å². The van der Waals surface area contributed by atoms with Crippen molar-refractivity contribution in [1.82, 2.24) is 15.5 Å². The Balaban J connectivity index is 1.52. The smallest absolute Gasteiger partial charge is 0.222 e. The number of carbonyl (C=O) groups excluding carboxylic acids is 1. The molecule has 2 atom stereocenters. The molecule has 1 fully saturated rings. The number of aliphatic imine (C=N–C) groups is 1. The molecule has 0 aromatic heterocycles. The second kappa shape index (κ2) is 8.37. The molecule has 3 rings (SSSR count). The lowest BCUT2D eigenvalue weighted by atomic mass is 9.83. The highest BCUT2D eigenvalue weighted by atomic mass is 16.2. The highest BCUT2D eigenvalue weighted by Crippen LogP contribution is 2.30. The maximum atomic E-state index is 11.8. The largest absolute Gasteiger partial charge is 0.356 e. The van der Waals surface area contributed by atoms with Gasteiger partial charge in [-0.3, -0.25) is 9.79 Å². The van der Waals surface area contributed by atoms with Crippen LogP contribution in [0.3, 0.4) is 0 Å². The van der Waals surface area contributed by atoms with Gasteiger partial charge in [0.05, 0.1) is 0 Å². The van der Waals surface area contributed by atoms with Crippen molar-refractivity contribution in [2.24, 2.45) is 4.99 Å². The molecular formula is C20H30N4O. The number of hydrogen-bond donors (Lipinski definition) is 2. The summed E-state index contributed by atoms with van der Waals surface area (Å²) in [5.74, 6) is 1.63. The summed E-state index contributed by atoms with van der Waals surface area (Å²) in [5.41, 5.74) is 2.98. The van der Waals surface area contributed by atoms with Gasteiger partial charge >= 0.3 is 0 Å². The predicted octanol–water partition coefficient (Wildman–Crippen LogP) is 2.28. The Morgan fingerprint density at radius 3 is 2.96 bits per heavy atom. The Kier molecular flexibility index (Phi) is 5.95. The molecule has 0 bridgehead atoms. The second-order valence-corrected chi connectivity index (χ2v) is 7.06. The Morgan fingerprint density at radius 2 is 2.16 bits per heavy atom. The Bertz CT molecular complexity index is 628. The van der Waals surface area contributed by atoms with Crippen LogP contribution in [0.5, 0.6) is 0 Å². The normalized spacial score (nSPS) is 23.3. The summed E-state index contributed by atoms with van der Waals surface area (Å²) >= 11 is 0. The first-order valence-electron chi connectivity index (χ1n) is 9.54. The monoisotopic (exact) mass is 342 g/mol. The maximum absolute atomic E-state index is 11.8. The quantitative estimate of drug-likeness (QED) is 0.652. The van der Waals surface area contributed by atoms with Crippen molar-refractivity contribution < 1.29 is 4.79 Å². The fourth-order valence-electron chi connectivity index (χ4n) is 4.00. The third-order valence-corrected chi connectivity index (χ3v) is 5.42. The van der Waals surface area contributed by atoms with Crippen LogP contribution in [0.2, 0.25) is 0 Å². The van der Waals surface area contributed by atoms with Crippen LogP contribution in [-0.2, 0) is 11.2 Å². The topological polar surface area (TPSA) is 56.7 Å². The number of benzene rings is 1. The molecule has 25 heavy (non-hydrogen) atoms. The summed E-state index contributed by atoms with van der Waals surface area (Å²) in [4.78, 5) is 18.1. The lowest BCUT2D eigenvalue weighted by molar-refractivity contribution is -0.129. The van der Waals surface area contributed by atoms with E-state index in [1.165, 1.54) is 30.4 Å². The molecule has 1 aliphatic heterocycles. The average molecular weight is 342 g/mol. The van der Waals surface area contributed by atoms with E-state index in [0.717, 1.165) is 32.0 Å². The molecule has 2 unspecified atom stereocenters. The van der Waals surface area contributed by atoms with Crippen molar-refractivity contribution in [1.29, 1.82) is 0 Å². The standard InChI is InChI=1S/C20H30N4O/c1-3-19(25)24-12-11-17(14-24)23-20(21-2)22-13-16-9-6-8-15-7-4-5-10-18(15)16/h4-5,7,10,16-17H,3,6,8-9,11-14H2,1-2H3,(H2,21,22,23). The van der Waals surface area contributed by atoms with Gasteiger partial charge in [-0.2, -0.15) is 0 Å². The highest BCUT2D eigenvalue weighted by molar-refractivity contribution is 5.80. The van der Waals surface area contributed by atoms with E-state index in [9.17, 15) is 4.79 Å². The van der Waals surface area contributed by atoms with Gasteiger partial charge in [0.15, 0.2) is 5.96 Å². The molecule has 1 aromatic rings. The minimum atomic E-state index is 0.242. The number of amides is 1. The molecule has 1 aliphatic carbocycles. The number of likely N-dealkylation sites (tertiary alicyclic amines) is 1. The Morgan fingerprint density at radius 1 is 1.32 bits per heavy atom. The first-order chi connectivity index (χ1) is 12.2. The molecular weight excluding hydrogens is 312 g/mol. The van der Waals surface area contributed by atoms with Gasteiger partial charge in [-0.15, -0.1) is 0 Å². The summed E-state index contributed by atoms with van der Waals surface area (Å²) in [6.45, 7) is 4.45. The van der Waals surface area contributed by atoms with Gasteiger partial charge in [0.1, 0.15) is 0 Å². The van der Waals surface area contributed by atoms with Crippen LogP contribution in [-0.4, -0.2) is 49.5 Å². The highest BCUT2D eigenvalue weighted by Gasteiger charge is 2.26. The third kappa shape index (κ3) is 4.33. The Labute approximate surface area is 150 Å². The van der Waals surface area contributed by atoms with Crippen molar-refractivity contribution in [3.8, 4) is 0 Å². The zero-order valence-corrected chi connectivity index (χ0v) is 15.4. The SMILES string of the molecule is CCC(=O)N1CCC(NC(=NC)NCC2CCCc3ccccc32)C1. The van der Waals surface area contributed by atoms with Crippen molar-refractivity contribution in [3.05, 3.63) is 35.4 Å². The number of fused-ring (bicyclic) bond motifs is 1. The van der Waals surface area contributed by atoms with Gasteiger partial charge in [-0.05, 0) is 36.8 Å². The summed E-state index contributed by atoms with van der Waals surface area (Å²) in [6.07, 6.45) is 5.25. The van der Waals surface area contributed by atoms with Crippen LogP contribution < -0.4 is 10.6 Å². The molecule has 1 amide bonds. The van der Waals surface area contributed by atoms with E-state index in [1.807, 2.05) is 18.9 Å². The van der Waals surface area contributed by atoms with E-state index in [4.69, 9.17) is 0 Å². The zero-order chi connectivity index (χ0) is 17.6. The number of hydrogen-bond acceptors (Lipinski definition) is 2. The third-order valence-electron chi connectivity index (χ3n) is 5.42. The van der Waals surface area contributed by atoms with Gasteiger partial charge in [-0.25, -0.2) is 0 Å². The molecule has 0 saturated carbocycles. The maximum Gasteiger partial charge on any atom is 0.222 e. The van der Waals surface area contributed by atoms with Crippen molar-refractivity contribution in [2.75, 3.05) is 26.7 Å². The van der Waals surface area contributed by atoms with Crippen molar-refractivity contribution >= 4 is 11.9 Å². The van der Waals surface area contributed by atoms with Gasteiger partial charge in [0, 0.05) is 45.1 Å². The van der Waals surface area contributed by atoms with Crippen molar-refractivity contribution in [2.45, 2.75) is 51.0 Å². The Hall–Kier alpha value is -2.04. The molecule has 1 heterocycles. The van der Waals surface area contributed by atoms with E-state index in [2.05, 4.69) is 39.9 Å². The van der Waals surface area contributed by atoms with Crippen LogP contribution in [0.15, 0.2) is 29.3 Å². The van der Waals surface area contributed by atoms with Crippen LogP contribution in [0, 0.1) is 0 Å². The molecule has 1 saturated heterocycles. The van der Waals surface area contributed by atoms with Crippen LogP contribution in [0.4, 0.5) is 0 Å². The fourth-order valence-corrected chi connectivity index (χ4v) is 4.00. The summed E-state index contributed by atoms with van der Waals surface area (Å²) < 4.78 is 0. The van der Waals surface area contributed by atoms with Gasteiger partial charge in [0.25, 0.3) is 0 Å². The number of carbonyl (C=O) groups is 1. The van der Waals surface area contributed by atoms with Crippen LogP contribution >= 0.6 is 0 Å². The lowest BCUT2D eigenvalue weighted by Gasteiger charge is -2.27. The summed E-state index contributed by atoms with van der Waals surface area (Å²) in [6, 6.07) is 9.09. The minimum absolute atomic E-state index is 0.242. The van der Waals surface area contributed by atoms with E-state index in [-0.39, 0.29) is 5.91 Å². The predicted molar refractivity (Wildman–Crippen MR) is 102 cm³/mol. The molecule has 5 heteroatoms. The van der Waals surface area contributed by atoms with Crippen molar-refractivity contribution in [3.63, 3.8) is 0 Å². The van der Waals surface area contributed by atoms with E-state index in [0.29, 0.717) is 18.4 Å². The van der Waals surface area contributed by atoms with Gasteiger partial charge < -0.3 is 15.5 Å². The second-order valence-electron chi connectivity index (χ2n) is 7.06. The average Bonchev–Trinajstić information content (AvgIpc) is 3.13. The summed E-state index contributed by atoms with van der Waals surface area (Å²) in [7, 11) is 1.81. The van der Waals surface area contributed by atoms with E-state index in [1.54, 1.807) is 0 Å². The fraction of sp³-hybridized carbons (Fsp3) is 0.600. The number of guanidine groups is 1. The number of nitrogens with zero attached hydrogens (tertiary/aromatic N) is 2. The molecule has 0 spiro atoms.